The van der Waals surface area contributed by atoms with E-state index in [2.05, 4.69) is 8.75 Å². The summed E-state index contributed by atoms with van der Waals surface area (Å²) in [7, 11) is -3.66. The van der Waals surface area contributed by atoms with Gasteiger partial charge in [-0.1, -0.05) is 6.07 Å². The maximum atomic E-state index is 13.1. The number of nitrogens with zero attached hydrogens (tertiary/aromatic N) is 4. The van der Waals surface area contributed by atoms with Crippen LogP contribution in [0.5, 0.6) is 0 Å². The molecular weight excluding hydrogens is 400 g/mol. The summed E-state index contributed by atoms with van der Waals surface area (Å²) < 4.78 is 41.7. The first-order valence-corrected chi connectivity index (χ1v) is 11.7. The lowest BCUT2D eigenvalue weighted by Crippen LogP contribution is -2.51. The third-order valence-electron chi connectivity index (χ3n) is 5.40. The Morgan fingerprint density at radius 1 is 1.14 bits per heavy atom. The molecule has 0 N–H and O–H groups in total. The van der Waals surface area contributed by atoms with Crippen molar-refractivity contribution in [2.45, 2.75) is 43.8 Å². The molecule has 2 fully saturated rings. The van der Waals surface area contributed by atoms with E-state index in [-0.39, 0.29) is 28.9 Å². The predicted octanol–water partition coefficient (Wildman–Crippen LogP) is 1.73. The third-order valence-corrected chi connectivity index (χ3v) is 7.87. The molecule has 0 unspecified atom stereocenters. The van der Waals surface area contributed by atoms with Gasteiger partial charge in [0.2, 0.25) is 15.9 Å². The fraction of sp³-hybridized carbons (Fsp3) is 0.611. The van der Waals surface area contributed by atoms with Gasteiger partial charge in [0.25, 0.3) is 0 Å². The second kappa shape index (κ2) is 7.66. The number of fused-ring (bicyclic) bond motifs is 1. The molecule has 8 nitrogen and oxygen atoms in total. The van der Waals surface area contributed by atoms with Crippen LogP contribution in [0.25, 0.3) is 11.0 Å². The summed E-state index contributed by atoms with van der Waals surface area (Å²) in [6, 6.07) is 5.02. The predicted molar refractivity (Wildman–Crippen MR) is 105 cm³/mol. The number of ether oxygens (including phenoxy) is 1. The van der Waals surface area contributed by atoms with Gasteiger partial charge in [-0.05, 0) is 38.8 Å². The maximum absolute atomic E-state index is 13.1. The van der Waals surface area contributed by atoms with Crippen molar-refractivity contribution in [3.05, 3.63) is 18.2 Å². The largest absolute Gasteiger partial charge is 0.372 e. The zero-order valence-corrected chi connectivity index (χ0v) is 17.6. The Balaban J connectivity index is 1.45. The minimum atomic E-state index is -3.66. The highest BCUT2D eigenvalue weighted by atomic mass is 32.2. The van der Waals surface area contributed by atoms with E-state index in [1.165, 1.54) is 4.31 Å². The lowest BCUT2D eigenvalue weighted by molar-refractivity contribution is -0.148. The highest BCUT2D eigenvalue weighted by Crippen LogP contribution is 2.29. The van der Waals surface area contributed by atoms with Crippen molar-refractivity contribution in [1.29, 1.82) is 0 Å². The van der Waals surface area contributed by atoms with Crippen LogP contribution < -0.4 is 0 Å². The smallest absolute Gasteiger partial charge is 0.245 e. The number of benzene rings is 1. The van der Waals surface area contributed by atoms with Gasteiger partial charge in [0.05, 0.1) is 23.9 Å². The number of morpholine rings is 1. The summed E-state index contributed by atoms with van der Waals surface area (Å²) in [5.41, 5.74) is 1.01. The van der Waals surface area contributed by atoms with Crippen LogP contribution in [0.1, 0.15) is 26.7 Å². The Labute approximate surface area is 168 Å². The third kappa shape index (κ3) is 3.66. The van der Waals surface area contributed by atoms with Crippen molar-refractivity contribution in [3.63, 3.8) is 0 Å². The number of hydrogen-bond acceptors (Lipinski definition) is 7. The molecule has 1 amide bonds. The molecule has 2 aliphatic heterocycles. The van der Waals surface area contributed by atoms with E-state index in [9.17, 15) is 13.2 Å². The van der Waals surface area contributed by atoms with E-state index in [1.807, 2.05) is 18.7 Å². The van der Waals surface area contributed by atoms with Gasteiger partial charge in [0.15, 0.2) is 0 Å². The molecule has 10 heteroatoms. The summed E-state index contributed by atoms with van der Waals surface area (Å²) in [4.78, 5) is 15.0. The van der Waals surface area contributed by atoms with Gasteiger partial charge in [0.1, 0.15) is 15.9 Å². The zero-order valence-electron chi connectivity index (χ0n) is 15.9. The molecule has 2 saturated heterocycles. The maximum Gasteiger partial charge on any atom is 0.245 e. The van der Waals surface area contributed by atoms with Crippen molar-refractivity contribution < 1.29 is 17.9 Å². The van der Waals surface area contributed by atoms with Crippen molar-refractivity contribution in [3.8, 4) is 0 Å². The van der Waals surface area contributed by atoms with Gasteiger partial charge in [0, 0.05) is 32.1 Å². The molecular formula is C18H24N4O4S2. The molecule has 0 radical (unpaired) electrons. The number of carbonyl (C=O) groups excluding carboxylic acids is 1. The quantitative estimate of drug-likeness (QED) is 0.745. The molecule has 2 aromatic rings. The van der Waals surface area contributed by atoms with Crippen LogP contribution in [-0.2, 0) is 19.6 Å². The second-order valence-corrected chi connectivity index (χ2v) is 10.0. The van der Waals surface area contributed by atoms with Crippen LogP contribution in [0.2, 0.25) is 0 Å². The summed E-state index contributed by atoms with van der Waals surface area (Å²) >= 11 is 1.01. The Kier molecular flexibility index (Phi) is 5.38. The molecule has 152 valence electrons. The highest BCUT2D eigenvalue weighted by molar-refractivity contribution is 7.89. The van der Waals surface area contributed by atoms with E-state index in [1.54, 1.807) is 18.2 Å². The minimum absolute atomic E-state index is 0.0281. The van der Waals surface area contributed by atoms with Crippen LogP contribution in [-0.4, -0.2) is 70.7 Å². The van der Waals surface area contributed by atoms with Crippen molar-refractivity contribution in [2.75, 3.05) is 26.2 Å². The van der Waals surface area contributed by atoms with Crippen LogP contribution in [0.15, 0.2) is 23.1 Å². The second-order valence-electron chi connectivity index (χ2n) is 7.57. The highest BCUT2D eigenvalue weighted by Gasteiger charge is 2.36. The summed E-state index contributed by atoms with van der Waals surface area (Å²) in [6.45, 7) is 5.81. The van der Waals surface area contributed by atoms with Gasteiger partial charge in [-0.3, -0.25) is 4.79 Å². The van der Waals surface area contributed by atoms with Gasteiger partial charge in [-0.2, -0.15) is 13.1 Å². The van der Waals surface area contributed by atoms with Crippen molar-refractivity contribution >= 4 is 38.7 Å². The number of rotatable bonds is 3. The molecule has 1 aromatic carbocycles. The monoisotopic (exact) mass is 424 g/mol. The van der Waals surface area contributed by atoms with Gasteiger partial charge >= 0.3 is 0 Å². The van der Waals surface area contributed by atoms with Crippen LogP contribution in [0, 0.1) is 5.92 Å². The summed E-state index contributed by atoms with van der Waals surface area (Å²) in [6.07, 6.45) is 1.12. The van der Waals surface area contributed by atoms with E-state index in [0.29, 0.717) is 50.1 Å². The van der Waals surface area contributed by atoms with Crippen LogP contribution >= 0.6 is 11.7 Å². The Bertz CT molecular complexity index is 959. The standard InChI is InChI=1S/C18H24N4O4S2/c1-12-10-21(11-13(2)26-12)18(23)14-6-8-22(9-7-14)28(24,25)16-5-3-4-15-17(16)20-27-19-15/h3-5,12-14H,6-11H2,1-2H3/t12-,13-/m1/s1. The lowest BCUT2D eigenvalue weighted by atomic mass is 9.96. The first-order valence-electron chi connectivity index (χ1n) is 9.52. The Morgan fingerprint density at radius 2 is 1.82 bits per heavy atom. The first-order chi connectivity index (χ1) is 13.4. The van der Waals surface area contributed by atoms with Gasteiger partial charge in [-0.25, -0.2) is 8.42 Å². The molecule has 2 aliphatic rings. The van der Waals surface area contributed by atoms with E-state index >= 15 is 0 Å². The molecule has 0 bridgehead atoms. The minimum Gasteiger partial charge on any atom is -0.372 e. The molecule has 28 heavy (non-hydrogen) atoms. The summed E-state index contributed by atoms with van der Waals surface area (Å²) in [5, 5.41) is 0. The molecule has 0 spiro atoms. The molecule has 2 atom stereocenters. The molecule has 0 saturated carbocycles. The first kappa shape index (κ1) is 19.7. The van der Waals surface area contributed by atoms with Gasteiger partial charge in [-0.15, -0.1) is 0 Å². The molecule has 1 aromatic heterocycles. The number of amides is 1. The van der Waals surface area contributed by atoms with Crippen LogP contribution in [0.3, 0.4) is 0 Å². The number of hydrogen-bond donors (Lipinski definition) is 0. The SMILES string of the molecule is C[C@@H]1CN(C(=O)C2CCN(S(=O)(=O)c3cccc4nsnc34)CC2)C[C@@H](C)O1. The van der Waals surface area contributed by atoms with Crippen LogP contribution in [0.4, 0.5) is 0 Å². The Hall–Kier alpha value is -1.62. The van der Waals surface area contributed by atoms with E-state index in [0.717, 1.165) is 11.7 Å². The topological polar surface area (TPSA) is 92.7 Å². The number of aromatic nitrogens is 2. The normalized spacial score (nSPS) is 25.3. The van der Waals surface area contributed by atoms with E-state index in [4.69, 9.17) is 4.74 Å². The van der Waals surface area contributed by atoms with Gasteiger partial charge < -0.3 is 9.64 Å². The van der Waals surface area contributed by atoms with E-state index < -0.39 is 10.0 Å². The molecule has 4 rings (SSSR count). The number of carbonyl (C=O) groups is 1. The average molecular weight is 425 g/mol. The summed E-state index contributed by atoms with van der Waals surface area (Å²) in [5.74, 6) is -0.0227. The number of piperidine rings is 1. The number of sulfonamides is 1. The van der Waals surface area contributed by atoms with Crippen molar-refractivity contribution in [2.24, 2.45) is 5.92 Å². The molecule has 0 aliphatic carbocycles. The zero-order chi connectivity index (χ0) is 19.9. The fourth-order valence-electron chi connectivity index (χ4n) is 4.09. The fourth-order valence-corrected chi connectivity index (χ4v) is 6.31. The van der Waals surface area contributed by atoms with Crippen molar-refractivity contribution in [1.82, 2.24) is 18.0 Å². The average Bonchev–Trinajstić information content (AvgIpc) is 3.15. The lowest BCUT2D eigenvalue weighted by Gasteiger charge is -2.39. The molecule has 3 heterocycles. The Morgan fingerprint density at radius 3 is 2.50 bits per heavy atom.